The van der Waals surface area contributed by atoms with Crippen molar-refractivity contribution in [3.8, 4) is 0 Å². The van der Waals surface area contributed by atoms with Crippen LogP contribution in [0.25, 0.3) is 11.0 Å². The van der Waals surface area contributed by atoms with E-state index in [1.165, 1.54) is 0 Å². The highest BCUT2D eigenvalue weighted by molar-refractivity contribution is 5.76. The molecule has 0 saturated carbocycles. The van der Waals surface area contributed by atoms with Crippen LogP contribution in [-0.4, -0.2) is 16.7 Å². The summed E-state index contributed by atoms with van der Waals surface area (Å²) in [6.45, 7) is -0.118. The van der Waals surface area contributed by atoms with Gasteiger partial charge in [-0.1, -0.05) is 0 Å². The molecule has 68 valence electrons. The molecule has 0 spiro atoms. The van der Waals surface area contributed by atoms with Crippen molar-refractivity contribution in [3.63, 3.8) is 0 Å². The van der Waals surface area contributed by atoms with Crippen LogP contribution in [0.4, 0.5) is 0 Å². The van der Waals surface area contributed by atoms with E-state index in [9.17, 15) is 0 Å². The summed E-state index contributed by atoms with van der Waals surface area (Å²) in [5, 5.41) is 9.72. The number of hydrogen-bond donors (Lipinski definition) is 2. The van der Waals surface area contributed by atoms with Crippen LogP contribution in [0.15, 0.2) is 28.9 Å². The summed E-state index contributed by atoms with van der Waals surface area (Å²) in [5.74, 6) is 0.588. The summed E-state index contributed by atoms with van der Waals surface area (Å²) in [5.41, 5.74) is 6.34. The van der Waals surface area contributed by atoms with Gasteiger partial charge in [0.25, 0.3) is 0 Å². The second-order valence-corrected chi connectivity index (χ2v) is 2.85. The number of pyridine rings is 1. The van der Waals surface area contributed by atoms with E-state index in [0.717, 1.165) is 11.0 Å². The van der Waals surface area contributed by atoms with Gasteiger partial charge in [0.2, 0.25) is 0 Å². The highest BCUT2D eigenvalue weighted by Gasteiger charge is 2.10. The predicted molar refractivity (Wildman–Crippen MR) is 48.0 cm³/mol. The number of aromatic nitrogens is 1. The third-order valence-corrected chi connectivity index (χ3v) is 1.90. The Bertz CT molecular complexity index is 378. The molecule has 2 rings (SSSR count). The number of furan rings is 1. The largest absolute Gasteiger partial charge is 0.459 e. The van der Waals surface area contributed by atoms with Gasteiger partial charge >= 0.3 is 0 Å². The Hall–Kier alpha value is -1.39. The van der Waals surface area contributed by atoms with E-state index in [1.807, 2.05) is 0 Å². The second-order valence-electron chi connectivity index (χ2n) is 2.85. The zero-order chi connectivity index (χ0) is 9.26. The van der Waals surface area contributed by atoms with Gasteiger partial charge in [-0.15, -0.1) is 0 Å². The maximum absolute atomic E-state index is 8.81. The third-order valence-electron chi connectivity index (χ3n) is 1.90. The molecule has 0 saturated heterocycles. The molecule has 4 nitrogen and oxygen atoms in total. The molecule has 2 aromatic rings. The van der Waals surface area contributed by atoms with Crippen molar-refractivity contribution < 1.29 is 9.52 Å². The van der Waals surface area contributed by atoms with E-state index in [1.54, 1.807) is 24.5 Å². The van der Waals surface area contributed by atoms with Gasteiger partial charge in [-0.05, 0) is 12.1 Å². The minimum absolute atomic E-state index is 0.118. The molecule has 0 fully saturated rings. The first-order valence-corrected chi connectivity index (χ1v) is 4.01. The Balaban J connectivity index is 2.49. The molecule has 0 aliphatic heterocycles. The number of hydrogen-bond acceptors (Lipinski definition) is 4. The Kier molecular flexibility index (Phi) is 2.00. The van der Waals surface area contributed by atoms with Crippen molar-refractivity contribution in [2.75, 3.05) is 6.61 Å². The fourth-order valence-electron chi connectivity index (χ4n) is 1.18. The van der Waals surface area contributed by atoms with Crippen LogP contribution in [-0.2, 0) is 0 Å². The normalized spacial score (nSPS) is 13.4. The molecule has 4 heteroatoms. The first-order valence-electron chi connectivity index (χ1n) is 4.01. The summed E-state index contributed by atoms with van der Waals surface area (Å²) < 4.78 is 5.40. The van der Waals surface area contributed by atoms with Crippen molar-refractivity contribution in [3.05, 3.63) is 30.3 Å². The molecule has 2 aromatic heterocycles. The number of aliphatic hydroxyl groups is 1. The highest BCUT2D eigenvalue weighted by Crippen LogP contribution is 2.21. The molecule has 0 aromatic carbocycles. The van der Waals surface area contributed by atoms with Crippen LogP contribution >= 0.6 is 0 Å². The Labute approximate surface area is 75.0 Å². The van der Waals surface area contributed by atoms with Crippen LogP contribution in [0.5, 0.6) is 0 Å². The maximum atomic E-state index is 8.81. The first kappa shape index (κ1) is 8.22. The smallest absolute Gasteiger partial charge is 0.137 e. The standard InChI is InChI=1S/C9H10N2O2/c10-7(5-12)9-3-6-4-11-2-1-8(6)13-9/h1-4,7,12H,5,10H2. The lowest BCUT2D eigenvalue weighted by Crippen LogP contribution is -2.13. The topological polar surface area (TPSA) is 72.3 Å². The molecular formula is C9H10N2O2. The SMILES string of the molecule is NC(CO)c1cc2cnccc2o1. The lowest BCUT2D eigenvalue weighted by molar-refractivity contribution is 0.254. The van der Waals surface area contributed by atoms with E-state index in [-0.39, 0.29) is 6.61 Å². The third kappa shape index (κ3) is 1.41. The first-order chi connectivity index (χ1) is 6.31. The Morgan fingerprint density at radius 1 is 1.62 bits per heavy atom. The molecule has 0 bridgehead atoms. The zero-order valence-corrected chi connectivity index (χ0v) is 6.97. The summed E-state index contributed by atoms with van der Waals surface area (Å²) in [7, 11) is 0. The number of nitrogens with two attached hydrogens (primary N) is 1. The second kappa shape index (κ2) is 3.16. The average Bonchev–Trinajstić information content (AvgIpc) is 2.59. The van der Waals surface area contributed by atoms with Gasteiger partial charge in [0.1, 0.15) is 11.3 Å². The molecule has 1 unspecified atom stereocenters. The molecule has 0 aliphatic rings. The van der Waals surface area contributed by atoms with Crippen LogP contribution in [0.3, 0.4) is 0 Å². The van der Waals surface area contributed by atoms with Crippen molar-refractivity contribution in [1.82, 2.24) is 4.98 Å². The van der Waals surface area contributed by atoms with Crippen molar-refractivity contribution in [2.24, 2.45) is 5.73 Å². The van der Waals surface area contributed by atoms with E-state index >= 15 is 0 Å². The van der Waals surface area contributed by atoms with Gasteiger partial charge < -0.3 is 15.3 Å². The summed E-state index contributed by atoms with van der Waals surface area (Å²) in [6, 6.07) is 3.11. The lowest BCUT2D eigenvalue weighted by Gasteiger charge is -2.01. The number of nitrogens with zero attached hydrogens (tertiary/aromatic N) is 1. The van der Waals surface area contributed by atoms with Gasteiger partial charge in [-0.3, -0.25) is 4.98 Å². The molecule has 13 heavy (non-hydrogen) atoms. The molecule has 3 N–H and O–H groups in total. The number of fused-ring (bicyclic) bond motifs is 1. The molecule has 0 amide bonds. The van der Waals surface area contributed by atoms with Crippen LogP contribution < -0.4 is 5.73 Å². The van der Waals surface area contributed by atoms with Crippen molar-refractivity contribution >= 4 is 11.0 Å². The van der Waals surface area contributed by atoms with Crippen molar-refractivity contribution in [2.45, 2.75) is 6.04 Å². The van der Waals surface area contributed by atoms with Gasteiger partial charge in [-0.25, -0.2) is 0 Å². The Morgan fingerprint density at radius 3 is 3.15 bits per heavy atom. The minimum atomic E-state index is -0.451. The predicted octanol–water partition coefficient (Wildman–Crippen LogP) is 0.820. The van der Waals surface area contributed by atoms with E-state index in [4.69, 9.17) is 15.3 Å². The highest BCUT2D eigenvalue weighted by atomic mass is 16.3. The zero-order valence-electron chi connectivity index (χ0n) is 6.97. The molecule has 2 heterocycles. The fourth-order valence-corrected chi connectivity index (χ4v) is 1.18. The van der Waals surface area contributed by atoms with Gasteiger partial charge in [0.15, 0.2) is 0 Å². The number of aliphatic hydroxyl groups excluding tert-OH is 1. The van der Waals surface area contributed by atoms with Crippen molar-refractivity contribution in [1.29, 1.82) is 0 Å². The number of rotatable bonds is 2. The molecule has 1 atom stereocenters. The summed E-state index contributed by atoms with van der Waals surface area (Å²) >= 11 is 0. The van der Waals surface area contributed by atoms with E-state index in [0.29, 0.717) is 5.76 Å². The maximum Gasteiger partial charge on any atom is 0.137 e. The lowest BCUT2D eigenvalue weighted by atomic mass is 10.2. The van der Waals surface area contributed by atoms with Crippen LogP contribution in [0.2, 0.25) is 0 Å². The monoisotopic (exact) mass is 178 g/mol. The van der Waals surface area contributed by atoms with Gasteiger partial charge in [0, 0.05) is 17.8 Å². The van der Waals surface area contributed by atoms with Crippen LogP contribution in [0.1, 0.15) is 11.8 Å². The Morgan fingerprint density at radius 2 is 2.46 bits per heavy atom. The molecule has 0 radical (unpaired) electrons. The minimum Gasteiger partial charge on any atom is -0.459 e. The van der Waals surface area contributed by atoms with E-state index in [2.05, 4.69) is 4.98 Å². The van der Waals surface area contributed by atoms with Gasteiger partial charge in [-0.2, -0.15) is 0 Å². The van der Waals surface area contributed by atoms with E-state index < -0.39 is 6.04 Å². The quantitative estimate of drug-likeness (QED) is 0.714. The molecular weight excluding hydrogens is 168 g/mol. The average molecular weight is 178 g/mol. The van der Waals surface area contributed by atoms with Crippen LogP contribution in [0, 0.1) is 0 Å². The molecule has 0 aliphatic carbocycles. The fraction of sp³-hybridized carbons (Fsp3) is 0.222. The summed E-state index contributed by atoms with van der Waals surface area (Å²) in [4.78, 5) is 3.95. The van der Waals surface area contributed by atoms with Gasteiger partial charge in [0.05, 0.1) is 12.6 Å². The summed E-state index contributed by atoms with van der Waals surface area (Å²) in [6.07, 6.45) is 3.35.